The maximum atomic E-state index is 11.9. The second-order valence-electron chi connectivity index (χ2n) is 5.05. The predicted molar refractivity (Wildman–Crippen MR) is 71.0 cm³/mol. The minimum Gasteiger partial charge on any atom is -0.447 e. The molecule has 1 amide bonds. The first-order chi connectivity index (χ1) is 9.63. The molecule has 0 radical (unpaired) electrons. The fraction of sp³-hybridized carbons (Fsp3) is 0.571. The SMILES string of the molecule is O=C(OCCF)N1CCC(O)(Cc2ccncc2)CC1. The van der Waals surface area contributed by atoms with Crippen molar-refractivity contribution >= 4 is 6.09 Å². The Kier molecular flexibility index (Phi) is 4.89. The zero-order valence-corrected chi connectivity index (χ0v) is 11.3. The molecule has 0 aromatic carbocycles. The summed E-state index contributed by atoms with van der Waals surface area (Å²) in [5.74, 6) is 0. The van der Waals surface area contributed by atoms with Gasteiger partial charge in [0.1, 0.15) is 13.3 Å². The van der Waals surface area contributed by atoms with E-state index in [1.54, 1.807) is 12.4 Å². The van der Waals surface area contributed by atoms with Crippen LogP contribution >= 0.6 is 0 Å². The first kappa shape index (κ1) is 14.7. The molecule has 2 heterocycles. The molecule has 1 aliphatic rings. The average Bonchev–Trinajstić information content (AvgIpc) is 2.46. The molecule has 20 heavy (non-hydrogen) atoms. The highest BCUT2D eigenvalue weighted by atomic mass is 19.1. The van der Waals surface area contributed by atoms with Gasteiger partial charge in [0.25, 0.3) is 0 Å². The summed E-state index contributed by atoms with van der Waals surface area (Å²) in [5, 5.41) is 10.5. The van der Waals surface area contributed by atoms with Gasteiger partial charge in [-0.1, -0.05) is 0 Å². The molecule has 110 valence electrons. The molecule has 0 unspecified atom stereocenters. The van der Waals surface area contributed by atoms with Gasteiger partial charge >= 0.3 is 6.09 Å². The van der Waals surface area contributed by atoms with Crippen LogP contribution in [0.3, 0.4) is 0 Å². The molecular formula is C14H19FN2O3. The van der Waals surface area contributed by atoms with Crippen molar-refractivity contribution in [2.75, 3.05) is 26.4 Å². The van der Waals surface area contributed by atoms with Crippen molar-refractivity contribution < 1.29 is 19.0 Å². The molecule has 0 aliphatic carbocycles. The summed E-state index contributed by atoms with van der Waals surface area (Å²) in [4.78, 5) is 17.0. The smallest absolute Gasteiger partial charge is 0.409 e. The van der Waals surface area contributed by atoms with Crippen LogP contribution in [0.1, 0.15) is 18.4 Å². The number of hydrogen-bond acceptors (Lipinski definition) is 4. The number of hydrogen-bond donors (Lipinski definition) is 1. The number of amides is 1. The van der Waals surface area contributed by atoms with Crippen LogP contribution in [0.15, 0.2) is 24.5 Å². The molecule has 0 saturated carbocycles. The molecule has 1 aromatic rings. The van der Waals surface area contributed by atoms with E-state index < -0.39 is 18.4 Å². The second kappa shape index (κ2) is 6.65. The van der Waals surface area contributed by atoms with Crippen LogP contribution in [0.25, 0.3) is 0 Å². The molecule has 2 rings (SSSR count). The summed E-state index contributed by atoms with van der Waals surface area (Å²) in [6.45, 7) is -0.0401. The number of carbonyl (C=O) groups is 1. The summed E-state index contributed by atoms with van der Waals surface area (Å²) in [7, 11) is 0. The lowest BCUT2D eigenvalue weighted by Crippen LogP contribution is -2.48. The fourth-order valence-electron chi connectivity index (χ4n) is 2.38. The molecule has 0 spiro atoms. The van der Waals surface area contributed by atoms with Crippen LogP contribution < -0.4 is 0 Å². The Bertz CT molecular complexity index is 433. The minimum atomic E-state index is -0.807. The predicted octanol–water partition coefficient (Wildman–Crippen LogP) is 1.56. The van der Waals surface area contributed by atoms with Crippen molar-refractivity contribution in [3.8, 4) is 0 Å². The number of pyridine rings is 1. The van der Waals surface area contributed by atoms with Gasteiger partial charge in [-0.05, 0) is 30.5 Å². The highest BCUT2D eigenvalue weighted by Crippen LogP contribution is 2.26. The summed E-state index contributed by atoms with van der Waals surface area (Å²) < 4.78 is 16.7. The van der Waals surface area contributed by atoms with Gasteiger partial charge in [0.2, 0.25) is 0 Å². The van der Waals surface area contributed by atoms with Gasteiger partial charge in [-0.15, -0.1) is 0 Å². The van der Waals surface area contributed by atoms with Crippen molar-refractivity contribution in [3.63, 3.8) is 0 Å². The first-order valence-corrected chi connectivity index (χ1v) is 6.72. The number of aromatic nitrogens is 1. The highest BCUT2D eigenvalue weighted by Gasteiger charge is 2.34. The third-order valence-corrected chi connectivity index (χ3v) is 3.54. The molecule has 1 N–H and O–H groups in total. The Morgan fingerprint density at radius 1 is 1.40 bits per heavy atom. The molecule has 1 fully saturated rings. The standard InChI is InChI=1S/C14H19FN2O3/c15-5-10-20-13(18)17-8-3-14(19,4-9-17)11-12-1-6-16-7-2-12/h1-2,6-7,19H,3-5,8-11H2. The Morgan fingerprint density at radius 2 is 2.05 bits per heavy atom. The number of piperidine rings is 1. The van der Waals surface area contributed by atoms with Gasteiger partial charge in [0, 0.05) is 31.9 Å². The molecule has 0 bridgehead atoms. The van der Waals surface area contributed by atoms with Gasteiger partial charge in [-0.3, -0.25) is 4.98 Å². The monoisotopic (exact) mass is 282 g/mol. The van der Waals surface area contributed by atoms with E-state index >= 15 is 0 Å². The van der Waals surface area contributed by atoms with E-state index in [0.717, 1.165) is 5.56 Å². The van der Waals surface area contributed by atoms with Gasteiger partial charge in [0.15, 0.2) is 0 Å². The van der Waals surface area contributed by atoms with Crippen molar-refractivity contribution in [1.29, 1.82) is 0 Å². The van der Waals surface area contributed by atoms with Crippen LogP contribution in [0.4, 0.5) is 9.18 Å². The Hall–Kier alpha value is -1.69. The van der Waals surface area contributed by atoms with E-state index in [4.69, 9.17) is 4.74 Å². The summed E-state index contributed by atoms with van der Waals surface area (Å²) >= 11 is 0. The molecule has 0 atom stereocenters. The lowest BCUT2D eigenvalue weighted by atomic mass is 9.86. The topological polar surface area (TPSA) is 62.7 Å². The number of ether oxygens (including phenoxy) is 1. The maximum absolute atomic E-state index is 11.9. The normalized spacial score (nSPS) is 17.8. The van der Waals surface area contributed by atoms with Gasteiger partial charge in [0.05, 0.1) is 5.60 Å². The van der Waals surface area contributed by atoms with Gasteiger partial charge < -0.3 is 14.7 Å². The Labute approximate surface area is 117 Å². The van der Waals surface area contributed by atoms with Crippen molar-refractivity contribution in [1.82, 2.24) is 9.88 Å². The molecule has 5 nitrogen and oxygen atoms in total. The van der Waals surface area contributed by atoms with Crippen molar-refractivity contribution in [3.05, 3.63) is 30.1 Å². The summed E-state index contributed by atoms with van der Waals surface area (Å²) in [5.41, 5.74) is 0.217. The maximum Gasteiger partial charge on any atom is 0.409 e. The average molecular weight is 282 g/mol. The van der Waals surface area contributed by atoms with Crippen LogP contribution in [0, 0.1) is 0 Å². The largest absolute Gasteiger partial charge is 0.447 e. The number of aliphatic hydroxyl groups is 1. The van der Waals surface area contributed by atoms with E-state index in [1.165, 1.54) is 4.90 Å². The quantitative estimate of drug-likeness (QED) is 0.910. The minimum absolute atomic E-state index is 0.212. The number of nitrogens with zero attached hydrogens (tertiary/aromatic N) is 2. The van der Waals surface area contributed by atoms with Crippen LogP contribution in [0.2, 0.25) is 0 Å². The third kappa shape index (κ3) is 3.90. The first-order valence-electron chi connectivity index (χ1n) is 6.72. The molecule has 1 aromatic heterocycles. The number of rotatable bonds is 4. The Balaban J connectivity index is 1.85. The van der Waals surface area contributed by atoms with Crippen LogP contribution in [0.5, 0.6) is 0 Å². The second-order valence-corrected chi connectivity index (χ2v) is 5.05. The third-order valence-electron chi connectivity index (χ3n) is 3.54. The lowest BCUT2D eigenvalue weighted by Gasteiger charge is -2.37. The van der Waals surface area contributed by atoms with E-state index in [-0.39, 0.29) is 6.61 Å². The summed E-state index contributed by atoms with van der Waals surface area (Å²) in [6.07, 6.45) is 4.40. The molecule has 1 saturated heterocycles. The van der Waals surface area contributed by atoms with Gasteiger partial charge in [-0.25, -0.2) is 9.18 Å². The van der Waals surface area contributed by atoms with Crippen LogP contribution in [-0.2, 0) is 11.2 Å². The number of halogens is 1. The zero-order valence-electron chi connectivity index (χ0n) is 11.3. The zero-order chi connectivity index (χ0) is 14.4. The highest BCUT2D eigenvalue weighted by molar-refractivity contribution is 5.67. The van der Waals surface area contributed by atoms with E-state index in [1.807, 2.05) is 12.1 Å². The van der Waals surface area contributed by atoms with Crippen molar-refractivity contribution in [2.45, 2.75) is 24.9 Å². The van der Waals surface area contributed by atoms with Gasteiger partial charge in [-0.2, -0.15) is 0 Å². The summed E-state index contributed by atoms with van der Waals surface area (Å²) in [6, 6.07) is 3.75. The lowest BCUT2D eigenvalue weighted by molar-refractivity contribution is -0.0202. The van der Waals surface area contributed by atoms with E-state index in [0.29, 0.717) is 32.4 Å². The fourth-order valence-corrected chi connectivity index (χ4v) is 2.38. The van der Waals surface area contributed by atoms with Crippen molar-refractivity contribution in [2.24, 2.45) is 0 Å². The van der Waals surface area contributed by atoms with E-state index in [2.05, 4.69) is 4.98 Å². The number of alkyl halides is 1. The molecular weight excluding hydrogens is 263 g/mol. The van der Waals surface area contributed by atoms with Crippen LogP contribution in [-0.4, -0.2) is 53.1 Å². The number of carbonyl (C=O) groups excluding carboxylic acids is 1. The van der Waals surface area contributed by atoms with E-state index in [9.17, 15) is 14.3 Å². The molecule has 6 heteroatoms. The molecule has 1 aliphatic heterocycles. The Morgan fingerprint density at radius 3 is 2.65 bits per heavy atom. The number of likely N-dealkylation sites (tertiary alicyclic amines) is 1.